The second-order valence-corrected chi connectivity index (χ2v) is 7.16. The van der Waals surface area contributed by atoms with Crippen LogP contribution in [0.25, 0.3) is 11.1 Å². The molecule has 2 N–H and O–H groups in total. The van der Waals surface area contributed by atoms with Crippen LogP contribution in [0.2, 0.25) is 0 Å². The molecule has 1 fully saturated rings. The molecule has 6 nitrogen and oxygen atoms in total. The number of primary amides is 1. The molecule has 2 aliphatic heterocycles. The van der Waals surface area contributed by atoms with Crippen LogP contribution < -0.4 is 10.6 Å². The largest absolute Gasteiger partial charge is 0.351 e. The standard InChI is InChI=1S/C19H19N5O/c20-18(25)24-5-1-2-12-6-13(9-23-17(12)24)14-7-15(10-21-8-14)19(3-4-19)16-11-22-16/h6-11,16H,1-5H2,(H2,20,25). The van der Waals surface area contributed by atoms with E-state index < -0.39 is 6.03 Å². The minimum absolute atomic E-state index is 0.188. The van der Waals surface area contributed by atoms with Crippen molar-refractivity contribution in [3.8, 4) is 11.1 Å². The van der Waals surface area contributed by atoms with Gasteiger partial charge in [-0.1, -0.05) is 0 Å². The molecule has 2 amide bonds. The summed E-state index contributed by atoms with van der Waals surface area (Å²) in [6, 6.07) is 4.27. The highest BCUT2D eigenvalue weighted by atomic mass is 16.2. The summed E-state index contributed by atoms with van der Waals surface area (Å²) in [5.74, 6) is 0.691. The van der Waals surface area contributed by atoms with Gasteiger partial charge in [-0.25, -0.2) is 9.78 Å². The molecule has 3 aliphatic rings. The topological polar surface area (TPSA) is 84.5 Å². The molecule has 0 radical (unpaired) electrons. The van der Waals surface area contributed by atoms with Crippen molar-refractivity contribution >= 4 is 18.1 Å². The van der Waals surface area contributed by atoms with Crippen molar-refractivity contribution in [1.82, 2.24) is 9.97 Å². The maximum Gasteiger partial charge on any atom is 0.320 e. The number of nitrogens with two attached hydrogens (primary N) is 1. The average molecular weight is 333 g/mol. The molecule has 0 aromatic carbocycles. The van der Waals surface area contributed by atoms with Crippen molar-refractivity contribution in [3.05, 3.63) is 41.9 Å². The second kappa shape index (κ2) is 5.12. The molecule has 0 bridgehead atoms. The summed E-state index contributed by atoms with van der Waals surface area (Å²) in [4.78, 5) is 26.5. The van der Waals surface area contributed by atoms with Crippen molar-refractivity contribution in [1.29, 1.82) is 0 Å². The predicted molar refractivity (Wildman–Crippen MR) is 95.9 cm³/mol. The van der Waals surface area contributed by atoms with Gasteiger partial charge < -0.3 is 5.73 Å². The van der Waals surface area contributed by atoms with Gasteiger partial charge in [-0.15, -0.1) is 0 Å². The maximum absolute atomic E-state index is 11.6. The smallest absolute Gasteiger partial charge is 0.320 e. The quantitative estimate of drug-likeness (QED) is 0.936. The van der Waals surface area contributed by atoms with Crippen molar-refractivity contribution in [2.24, 2.45) is 10.7 Å². The number of aryl methyl sites for hydroxylation is 1. The minimum atomic E-state index is -0.440. The number of aliphatic imine (C=N–C) groups is 1. The summed E-state index contributed by atoms with van der Waals surface area (Å²) >= 11 is 0. The first-order chi connectivity index (χ1) is 12.2. The number of hydrogen-bond acceptors (Lipinski definition) is 4. The molecule has 5 rings (SSSR count). The van der Waals surface area contributed by atoms with Crippen LogP contribution in [0.15, 0.2) is 35.7 Å². The highest BCUT2D eigenvalue weighted by Crippen LogP contribution is 2.54. The number of fused-ring (bicyclic) bond motifs is 1. The summed E-state index contributed by atoms with van der Waals surface area (Å²) in [5.41, 5.74) is 10.1. The Morgan fingerprint density at radius 2 is 2.00 bits per heavy atom. The predicted octanol–water partition coefficient (Wildman–Crippen LogP) is 2.46. The average Bonchev–Trinajstić information content (AvgIpc) is 3.53. The van der Waals surface area contributed by atoms with Gasteiger partial charge in [0.05, 0.1) is 6.04 Å². The fourth-order valence-electron chi connectivity index (χ4n) is 3.92. The first-order valence-corrected chi connectivity index (χ1v) is 8.72. The minimum Gasteiger partial charge on any atom is -0.351 e. The zero-order valence-corrected chi connectivity index (χ0v) is 13.9. The Hall–Kier alpha value is -2.76. The number of amides is 2. The van der Waals surface area contributed by atoms with Crippen LogP contribution in [-0.4, -0.2) is 34.8 Å². The van der Waals surface area contributed by atoms with Crippen molar-refractivity contribution in [3.63, 3.8) is 0 Å². The number of pyridine rings is 2. The van der Waals surface area contributed by atoms with Crippen molar-refractivity contribution in [2.45, 2.75) is 37.1 Å². The molecule has 1 atom stereocenters. The molecule has 6 heteroatoms. The summed E-state index contributed by atoms with van der Waals surface area (Å²) in [5, 5.41) is 0. The van der Waals surface area contributed by atoms with Gasteiger partial charge in [0, 0.05) is 47.9 Å². The number of aromatic nitrogens is 2. The van der Waals surface area contributed by atoms with E-state index >= 15 is 0 Å². The Kier molecular flexibility index (Phi) is 2.98. The third-order valence-corrected chi connectivity index (χ3v) is 5.59. The Balaban J connectivity index is 1.51. The molecule has 1 unspecified atom stereocenters. The van der Waals surface area contributed by atoms with E-state index in [0.29, 0.717) is 18.4 Å². The highest BCUT2D eigenvalue weighted by molar-refractivity contribution is 5.91. The number of carbonyl (C=O) groups is 1. The first-order valence-electron chi connectivity index (χ1n) is 8.72. The summed E-state index contributed by atoms with van der Waals surface area (Å²) < 4.78 is 0. The van der Waals surface area contributed by atoms with E-state index in [1.54, 1.807) is 4.90 Å². The van der Waals surface area contributed by atoms with Crippen LogP contribution in [0, 0.1) is 0 Å². The summed E-state index contributed by atoms with van der Waals surface area (Å²) in [6.07, 6.45) is 11.9. The third-order valence-electron chi connectivity index (χ3n) is 5.59. The van der Waals surface area contributed by atoms with Gasteiger partial charge in [-0.3, -0.25) is 14.9 Å². The fraction of sp³-hybridized carbons (Fsp3) is 0.368. The lowest BCUT2D eigenvalue weighted by atomic mass is 9.91. The zero-order valence-electron chi connectivity index (χ0n) is 13.9. The van der Waals surface area contributed by atoms with Gasteiger partial charge in [0.1, 0.15) is 5.82 Å². The molecular formula is C19H19N5O. The molecule has 1 saturated carbocycles. The fourth-order valence-corrected chi connectivity index (χ4v) is 3.92. The van der Waals surface area contributed by atoms with Gasteiger partial charge in [0.15, 0.2) is 0 Å². The van der Waals surface area contributed by atoms with E-state index in [9.17, 15) is 4.79 Å². The number of carbonyl (C=O) groups excluding carboxylic acids is 1. The van der Waals surface area contributed by atoms with Gasteiger partial charge >= 0.3 is 6.03 Å². The number of rotatable bonds is 3. The van der Waals surface area contributed by atoms with E-state index in [-0.39, 0.29) is 5.41 Å². The van der Waals surface area contributed by atoms with Gasteiger partial charge in [0.2, 0.25) is 0 Å². The molecule has 126 valence electrons. The lowest BCUT2D eigenvalue weighted by Gasteiger charge is -2.27. The number of urea groups is 1. The maximum atomic E-state index is 11.6. The molecule has 4 heterocycles. The van der Waals surface area contributed by atoms with Crippen LogP contribution in [0.4, 0.5) is 10.6 Å². The first kappa shape index (κ1) is 14.6. The van der Waals surface area contributed by atoms with Crippen LogP contribution in [0.5, 0.6) is 0 Å². The van der Waals surface area contributed by atoms with Crippen LogP contribution in [-0.2, 0) is 11.8 Å². The molecule has 0 spiro atoms. The van der Waals surface area contributed by atoms with Crippen LogP contribution >= 0.6 is 0 Å². The molecule has 1 aliphatic carbocycles. The van der Waals surface area contributed by atoms with E-state index in [4.69, 9.17) is 5.73 Å². The second-order valence-electron chi connectivity index (χ2n) is 7.16. The third kappa shape index (κ3) is 2.32. The van der Waals surface area contributed by atoms with Gasteiger partial charge in [-0.05, 0) is 48.9 Å². The molecule has 2 aromatic rings. The molecule has 25 heavy (non-hydrogen) atoms. The summed E-state index contributed by atoms with van der Waals surface area (Å²) in [6.45, 7) is 0.635. The Bertz CT molecular complexity index is 896. The lowest BCUT2D eigenvalue weighted by Crippen LogP contribution is -2.40. The number of hydrogen-bond donors (Lipinski definition) is 1. The van der Waals surface area contributed by atoms with E-state index in [0.717, 1.165) is 29.5 Å². The molecule has 0 saturated heterocycles. The molecule has 2 aromatic heterocycles. The Morgan fingerprint density at radius 1 is 1.20 bits per heavy atom. The van der Waals surface area contributed by atoms with E-state index in [1.807, 2.05) is 24.8 Å². The normalized spacial score (nSPS) is 22.4. The highest BCUT2D eigenvalue weighted by Gasteiger charge is 2.53. The summed E-state index contributed by atoms with van der Waals surface area (Å²) in [7, 11) is 0. The van der Waals surface area contributed by atoms with E-state index in [2.05, 4.69) is 27.1 Å². The monoisotopic (exact) mass is 333 g/mol. The van der Waals surface area contributed by atoms with Gasteiger partial charge in [-0.2, -0.15) is 0 Å². The number of nitrogens with zero attached hydrogens (tertiary/aromatic N) is 4. The van der Waals surface area contributed by atoms with Crippen molar-refractivity contribution < 1.29 is 4.79 Å². The van der Waals surface area contributed by atoms with Crippen molar-refractivity contribution in [2.75, 3.05) is 11.4 Å². The lowest BCUT2D eigenvalue weighted by molar-refractivity contribution is 0.253. The Morgan fingerprint density at radius 3 is 2.72 bits per heavy atom. The SMILES string of the molecule is NC(=O)N1CCCc2cc(-c3cncc(C4(C5C=N5)CC4)c3)cnc21. The van der Waals surface area contributed by atoms with Gasteiger partial charge in [0.25, 0.3) is 0 Å². The van der Waals surface area contributed by atoms with Crippen LogP contribution in [0.3, 0.4) is 0 Å². The number of anilines is 1. The van der Waals surface area contributed by atoms with E-state index in [1.165, 1.54) is 18.4 Å². The van der Waals surface area contributed by atoms with Crippen LogP contribution in [0.1, 0.15) is 30.4 Å². The zero-order chi connectivity index (χ0) is 17.0. The molecular weight excluding hydrogens is 314 g/mol. The Labute approximate surface area is 145 Å².